The van der Waals surface area contributed by atoms with Crippen molar-refractivity contribution in [3.05, 3.63) is 16.5 Å². The molecule has 2 nitrogen and oxygen atoms in total. The highest BCUT2D eigenvalue weighted by molar-refractivity contribution is 8.02. The smallest absolute Gasteiger partial charge is 0.133 e. The Balaban J connectivity index is 3.23. The van der Waals surface area contributed by atoms with Crippen LogP contribution < -0.4 is 0 Å². The summed E-state index contributed by atoms with van der Waals surface area (Å²) in [5.41, 5.74) is 0. The van der Waals surface area contributed by atoms with Crippen molar-refractivity contribution < 1.29 is 0 Å². The van der Waals surface area contributed by atoms with E-state index in [4.69, 9.17) is 0 Å². The quantitative estimate of drug-likeness (QED) is 0.496. The van der Waals surface area contributed by atoms with Gasteiger partial charge in [0.05, 0.1) is 0 Å². The average molecular weight is 103 g/mol. The van der Waals surface area contributed by atoms with Crippen molar-refractivity contribution in [3.8, 4) is 0 Å². The maximum atomic E-state index is 9.37. The van der Waals surface area contributed by atoms with Crippen molar-refractivity contribution in [2.24, 2.45) is 5.18 Å². The van der Waals surface area contributed by atoms with Gasteiger partial charge in [-0.2, -0.15) is 0 Å². The Morgan fingerprint density at radius 3 is 2.50 bits per heavy atom. The van der Waals surface area contributed by atoms with Gasteiger partial charge in [0.15, 0.2) is 0 Å². The lowest BCUT2D eigenvalue weighted by Crippen LogP contribution is -1.54. The van der Waals surface area contributed by atoms with Crippen LogP contribution in [0, 0.1) is 4.91 Å². The highest BCUT2D eigenvalue weighted by Gasteiger charge is 1.79. The van der Waals surface area contributed by atoms with E-state index in [9.17, 15) is 4.91 Å². The van der Waals surface area contributed by atoms with Crippen LogP contribution in [-0.2, 0) is 0 Å². The van der Waals surface area contributed by atoms with Crippen LogP contribution >= 0.6 is 11.8 Å². The number of rotatable bonds is 2. The van der Waals surface area contributed by atoms with Gasteiger partial charge < -0.3 is 0 Å². The standard InChI is InChI=1S/C3H5NOS/c1-3(4-5)6-2/h1H2,2H3. The summed E-state index contributed by atoms with van der Waals surface area (Å²) in [6.45, 7) is 3.28. The summed E-state index contributed by atoms with van der Waals surface area (Å²) < 4.78 is 0. The Morgan fingerprint density at radius 1 is 2.00 bits per heavy atom. The third kappa shape index (κ3) is 1.96. The monoisotopic (exact) mass is 103 g/mol. The van der Waals surface area contributed by atoms with Crippen LogP contribution in [-0.4, -0.2) is 6.26 Å². The van der Waals surface area contributed by atoms with Crippen LogP contribution in [0.5, 0.6) is 0 Å². The third-order valence-electron chi connectivity index (χ3n) is 0.337. The van der Waals surface area contributed by atoms with Crippen molar-refractivity contribution in [2.75, 3.05) is 6.26 Å². The molecule has 0 rings (SSSR count). The van der Waals surface area contributed by atoms with E-state index in [0.717, 1.165) is 0 Å². The molecule has 0 saturated heterocycles. The van der Waals surface area contributed by atoms with Gasteiger partial charge >= 0.3 is 0 Å². The summed E-state index contributed by atoms with van der Waals surface area (Å²) in [6, 6.07) is 0. The van der Waals surface area contributed by atoms with E-state index in [1.165, 1.54) is 11.8 Å². The summed E-state index contributed by atoms with van der Waals surface area (Å²) in [7, 11) is 0. The Labute approximate surface area is 40.6 Å². The van der Waals surface area contributed by atoms with E-state index in [0.29, 0.717) is 5.03 Å². The predicted molar refractivity (Wildman–Crippen MR) is 28.4 cm³/mol. The first kappa shape index (κ1) is 5.69. The number of hydrogen-bond donors (Lipinski definition) is 0. The molecule has 0 aliphatic heterocycles. The molecule has 6 heavy (non-hydrogen) atoms. The molecule has 0 aliphatic rings. The molecular weight excluding hydrogens is 98.1 g/mol. The van der Waals surface area contributed by atoms with Crippen molar-refractivity contribution in [1.29, 1.82) is 0 Å². The molecule has 0 unspecified atom stereocenters. The van der Waals surface area contributed by atoms with E-state index in [-0.39, 0.29) is 0 Å². The molecule has 34 valence electrons. The van der Waals surface area contributed by atoms with Crippen molar-refractivity contribution >= 4 is 11.8 Å². The zero-order valence-corrected chi connectivity index (χ0v) is 4.29. The van der Waals surface area contributed by atoms with Crippen LogP contribution in [0.25, 0.3) is 0 Å². The number of thioether (sulfide) groups is 1. The van der Waals surface area contributed by atoms with E-state index in [2.05, 4.69) is 11.8 Å². The largest absolute Gasteiger partial charge is 0.144 e. The molecule has 0 aromatic heterocycles. The van der Waals surface area contributed by atoms with Crippen LogP contribution in [0.1, 0.15) is 0 Å². The molecule has 0 atom stereocenters. The molecule has 0 amide bonds. The topological polar surface area (TPSA) is 29.4 Å². The van der Waals surface area contributed by atoms with E-state index in [1.54, 1.807) is 6.26 Å². The summed E-state index contributed by atoms with van der Waals surface area (Å²) in [5, 5.41) is 2.85. The molecule has 0 aromatic rings. The third-order valence-corrected chi connectivity index (χ3v) is 0.883. The molecule has 0 bridgehead atoms. The van der Waals surface area contributed by atoms with Gasteiger partial charge in [-0.3, -0.25) is 0 Å². The first-order valence-electron chi connectivity index (χ1n) is 1.37. The summed E-state index contributed by atoms with van der Waals surface area (Å²) in [6.07, 6.45) is 1.75. The maximum Gasteiger partial charge on any atom is 0.133 e. The second-order valence-electron chi connectivity index (χ2n) is 0.689. The normalized spacial score (nSPS) is 7.50. The van der Waals surface area contributed by atoms with Crippen molar-refractivity contribution in [1.82, 2.24) is 0 Å². The second kappa shape index (κ2) is 2.90. The van der Waals surface area contributed by atoms with Gasteiger partial charge in [0.25, 0.3) is 0 Å². The zero-order valence-electron chi connectivity index (χ0n) is 3.47. The fraction of sp³-hybridized carbons (Fsp3) is 0.333. The van der Waals surface area contributed by atoms with E-state index in [1.807, 2.05) is 0 Å². The fourth-order valence-corrected chi connectivity index (χ4v) is 0.112. The number of nitrogens with zero attached hydrogens (tertiary/aromatic N) is 1. The van der Waals surface area contributed by atoms with Crippen LogP contribution in [0.3, 0.4) is 0 Å². The SMILES string of the molecule is C=C(N=O)SC. The molecule has 0 heterocycles. The van der Waals surface area contributed by atoms with Gasteiger partial charge in [0.2, 0.25) is 0 Å². The van der Waals surface area contributed by atoms with Crippen LogP contribution in [0.15, 0.2) is 16.8 Å². The first-order valence-corrected chi connectivity index (χ1v) is 2.60. The van der Waals surface area contributed by atoms with Gasteiger partial charge in [-0.1, -0.05) is 6.58 Å². The average Bonchev–Trinajstić information content (AvgIpc) is 1.65. The Morgan fingerprint density at radius 2 is 2.50 bits per heavy atom. The maximum absolute atomic E-state index is 9.37. The molecule has 3 heteroatoms. The number of hydrogen-bond acceptors (Lipinski definition) is 3. The molecule has 0 aliphatic carbocycles. The van der Waals surface area contributed by atoms with Gasteiger partial charge in [-0.25, -0.2) is 0 Å². The first-order chi connectivity index (χ1) is 2.81. The minimum atomic E-state index is 0.329. The van der Waals surface area contributed by atoms with Crippen LogP contribution in [0.4, 0.5) is 0 Å². The Hall–Kier alpha value is -0.310. The predicted octanol–water partition coefficient (Wildman–Crippen LogP) is 1.59. The van der Waals surface area contributed by atoms with Crippen molar-refractivity contribution in [2.45, 2.75) is 0 Å². The fourth-order valence-electron chi connectivity index (χ4n) is 0.0373. The lowest BCUT2D eigenvalue weighted by Gasteiger charge is -1.77. The molecule has 0 fully saturated rings. The van der Waals surface area contributed by atoms with Gasteiger partial charge in [-0.05, 0) is 11.4 Å². The minimum absolute atomic E-state index is 0.329. The second-order valence-corrected chi connectivity index (χ2v) is 1.57. The highest BCUT2D eigenvalue weighted by Crippen LogP contribution is 2.06. The minimum Gasteiger partial charge on any atom is -0.144 e. The van der Waals surface area contributed by atoms with Gasteiger partial charge in [0, 0.05) is 0 Å². The zero-order chi connectivity index (χ0) is 4.99. The number of nitroso groups, excluding NO2 is 1. The molecular formula is C3H5NOS. The van der Waals surface area contributed by atoms with Crippen LogP contribution in [0.2, 0.25) is 0 Å². The van der Waals surface area contributed by atoms with E-state index >= 15 is 0 Å². The highest BCUT2D eigenvalue weighted by atomic mass is 32.2. The molecule has 0 spiro atoms. The molecule has 0 radical (unpaired) electrons. The lowest BCUT2D eigenvalue weighted by molar-refractivity contribution is 1.52. The summed E-state index contributed by atoms with van der Waals surface area (Å²) in [5.74, 6) is 0. The van der Waals surface area contributed by atoms with Gasteiger partial charge in [0.1, 0.15) is 5.03 Å². The summed E-state index contributed by atoms with van der Waals surface area (Å²) >= 11 is 1.25. The lowest BCUT2D eigenvalue weighted by atomic mass is 11.1. The molecule has 0 aromatic carbocycles. The Kier molecular flexibility index (Phi) is 2.75. The Bertz CT molecular complexity index is 71.2. The van der Waals surface area contributed by atoms with Gasteiger partial charge in [-0.15, -0.1) is 16.7 Å². The molecule has 0 saturated carbocycles. The summed E-state index contributed by atoms with van der Waals surface area (Å²) in [4.78, 5) is 9.37. The molecule has 0 N–H and O–H groups in total. The van der Waals surface area contributed by atoms with E-state index < -0.39 is 0 Å². The van der Waals surface area contributed by atoms with Crippen molar-refractivity contribution in [3.63, 3.8) is 0 Å².